The van der Waals surface area contributed by atoms with Crippen molar-refractivity contribution in [2.45, 2.75) is 56.9 Å². The van der Waals surface area contributed by atoms with Crippen molar-refractivity contribution in [1.82, 2.24) is 0 Å². The average Bonchev–Trinajstić information content (AvgIpc) is 3.17. The van der Waals surface area contributed by atoms with Crippen molar-refractivity contribution < 1.29 is 28.5 Å². The largest absolute Gasteiger partial charge is 0.374 e. The Morgan fingerprint density at radius 2 is 0.918 bits per heavy atom. The minimum absolute atomic E-state index is 0.168. The SMILES string of the molecule is O=C(C#Cc1ccccc1)[C@@H]1O[C@H](COCc2ccccc2)[C@@H](OCc2ccccc2)[C@H](OCc2ccccc2)[C@H]1OCc1ccccc1. The van der Waals surface area contributed by atoms with Crippen LogP contribution in [-0.4, -0.2) is 42.9 Å². The molecule has 0 amide bonds. The molecule has 0 spiro atoms. The maximum Gasteiger partial charge on any atom is 0.237 e. The van der Waals surface area contributed by atoms with Crippen LogP contribution in [0.1, 0.15) is 27.8 Å². The van der Waals surface area contributed by atoms with Gasteiger partial charge in [-0.2, -0.15) is 0 Å². The summed E-state index contributed by atoms with van der Waals surface area (Å²) in [5, 5.41) is 0. The van der Waals surface area contributed by atoms with E-state index in [0.29, 0.717) is 13.2 Å². The first-order chi connectivity index (χ1) is 24.2. The van der Waals surface area contributed by atoms with Crippen molar-refractivity contribution in [3.8, 4) is 11.8 Å². The Morgan fingerprint density at radius 1 is 0.510 bits per heavy atom. The van der Waals surface area contributed by atoms with Crippen LogP contribution >= 0.6 is 0 Å². The summed E-state index contributed by atoms with van der Waals surface area (Å²) in [5.41, 5.74) is 4.71. The van der Waals surface area contributed by atoms with E-state index in [4.69, 9.17) is 23.7 Å². The third-order valence-electron chi connectivity index (χ3n) is 8.25. The number of rotatable bonds is 14. The molecular formula is C43H40O6. The lowest BCUT2D eigenvalue weighted by atomic mass is 9.92. The van der Waals surface area contributed by atoms with Crippen molar-refractivity contribution in [2.24, 2.45) is 0 Å². The predicted octanol–water partition coefficient (Wildman–Crippen LogP) is 7.35. The van der Waals surface area contributed by atoms with Gasteiger partial charge < -0.3 is 23.7 Å². The lowest BCUT2D eigenvalue weighted by molar-refractivity contribution is -0.266. The smallest absolute Gasteiger partial charge is 0.237 e. The molecule has 0 aromatic heterocycles. The number of benzene rings is 5. The predicted molar refractivity (Wildman–Crippen MR) is 188 cm³/mol. The summed E-state index contributed by atoms with van der Waals surface area (Å²) in [6.45, 7) is 1.39. The first-order valence-corrected chi connectivity index (χ1v) is 16.6. The Bertz CT molecular complexity index is 1750. The molecule has 0 radical (unpaired) electrons. The lowest BCUT2D eigenvalue weighted by Crippen LogP contribution is -2.63. The molecule has 0 unspecified atom stereocenters. The quantitative estimate of drug-likeness (QED) is 0.117. The van der Waals surface area contributed by atoms with Crippen molar-refractivity contribution in [3.05, 3.63) is 179 Å². The van der Waals surface area contributed by atoms with Gasteiger partial charge in [0.1, 0.15) is 24.4 Å². The monoisotopic (exact) mass is 652 g/mol. The molecule has 6 rings (SSSR count). The molecule has 1 aliphatic heterocycles. The fourth-order valence-electron chi connectivity index (χ4n) is 5.73. The molecule has 5 atom stereocenters. The Kier molecular flexibility index (Phi) is 12.5. The van der Waals surface area contributed by atoms with Crippen LogP contribution in [0.5, 0.6) is 0 Å². The first-order valence-electron chi connectivity index (χ1n) is 16.6. The van der Waals surface area contributed by atoms with E-state index in [2.05, 4.69) is 11.8 Å². The van der Waals surface area contributed by atoms with Gasteiger partial charge in [-0.05, 0) is 40.3 Å². The number of ketones is 1. The van der Waals surface area contributed by atoms with E-state index in [-0.39, 0.29) is 19.8 Å². The lowest BCUT2D eigenvalue weighted by Gasteiger charge is -2.45. The highest BCUT2D eigenvalue weighted by Gasteiger charge is 2.50. The van der Waals surface area contributed by atoms with E-state index in [1.54, 1.807) is 0 Å². The second-order valence-electron chi connectivity index (χ2n) is 11.9. The zero-order valence-electron chi connectivity index (χ0n) is 27.3. The number of carbonyl (C=O) groups excluding carboxylic acids is 1. The van der Waals surface area contributed by atoms with Crippen LogP contribution in [0.3, 0.4) is 0 Å². The van der Waals surface area contributed by atoms with Gasteiger partial charge in [0.25, 0.3) is 0 Å². The van der Waals surface area contributed by atoms with Gasteiger partial charge in [-0.25, -0.2) is 0 Å². The Morgan fingerprint density at radius 3 is 1.41 bits per heavy atom. The van der Waals surface area contributed by atoms with Crippen LogP contribution in [0.2, 0.25) is 0 Å². The maximum absolute atomic E-state index is 14.0. The molecule has 6 heteroatoms. The molecule has 1 aliphatic rings. The molecule has 5 aromatic carbocycles. The minimum Gasteiger partial charge on any atom is -0.374 e. The Labute approximate surface area is 288 Å². The van der Waals surface area contributed by atoms with Gasteiger partial charge in [0.15, 0.2) is 6.10 Å². The van der Waals surface area contributed by atoms with E-state index in [1.165, 1.54) is 0 Å². The van der Waals surface area contributed by atoms with Crippen LogP contribution < -0.4 is 0 Å². The van der Waals surface area contributed by atoms with E-state index < -0.39 is 36.3 Å². The molecular weight excluding hydrogens is 612 g/mol. The topological polar surface area (TPSA) is 63.2 Å². The molecule has 1 fully saturated rings. The maximum atomic E-state index is 14.0. The van der Waals surface area contributed by atoms with E-state index in [1.807, 2.05) is 152 Å². The van der Waals surface area contributed by atoms with Gasteiger partial charge in [0, 0.05) is 5.56 Å². The summed E-state index contributed by atoms with van der Waals surface area (Å²) in [6, 6.07) is 49.1. The summed E-state index contributed by atoms with van der Waals surface area (Å²) in [6.07, 6.45) is -3.86. The Hall–Kier alpha value is -4.87. The summed E-state index contributed by atoms with van der Waals surface area (Å²) < 4.78 is 32.9. The zero-order valence-corrected chi connectivity index (χ0v) is 27.3. The Balaban J connectivity index is 1.34. The molecule has 0 saturated carbocycles. The molecule has 1 heterocycles. The number of carbonyl (C=O) groups is 1. The van der Waals surface area contributed by atoms with Crippen molar-refractivity contribution in [3.63, 3.8) is 0 Å². The molecule has 0 bridgehead atoms. The molecule has 248 valence electrons. The van der Waals surface area contributed by atoms with Crippen LogP contribution in [0.4, 0.5) is 0 Å². The fraction of sp³-hybridized carbons (Fsp3) is 0.233. The minimum atomic E-state index is -1.05. The van der Waals surface area contributed by atoms with Crippen molar-refractivity contribution in [2.75, 3.05) is 6.61 Å². The van der Waals surface area contributed by atoms with Crippen LogP contribution in [0.15, 0.2) is 152 Å². The summed E-state index contributed by atoms with van der Waals surface area (Å²) >= 11 is 0. The third-order valence-corrected chi connectivity index (χ3v) is 8.25. The second-order valence-corrected chi connectivity index (χ2v) is 11.9. The van der Waals surface area contributed by atoms with Gasteiger partial charge in [-0.3, -0.25) is 4.79 Å². The number of hydrogen-bond donors (Lipinski definition) is 0. The van der Waals surface area contributed by atoms with Gasteiger partial charge >= 0.3 is 0 Å². The van der Waals surface area contributed by atoms with Crippen molar-refractivity contribution >= 4 is 5.78 Å². The number of ether oxygens (including phenoxy) is 5. The summed E-state index contributed by atoms with van der Waals surface area (Å²) in [5.74, 6) is 5.44. The molecule has 49 heavy (non-hydrogen) atoms. The molecule has 5 aromatic rings. The highest BCUT2D eigenvalue weighted by molar-refractivity contribution is 6.00. The van der Waals surface area contributed by atoms with Crippen molar-refractivity contribution in [1.29, 1.82) is 0 Å². The van der Waals surface area contributed by atoms with E-state index in [0.717, 1.165) is 27.8 Å². The van der Waals surface area contributed by atoms with Gasteiger partial charge in [0.05, 0.1) is 33.0 Å². The highest BCUT2D eigenvalue weighted by atomic mass is 16.6. The van der Waals surface area contributed by atoms with Gasteiger partial charge in [0.2, 0.25) is 5.78 Å². The van der Waals surface area contributed by atoms with E-state index in [9.17, 15) is 4.79 Å². The van der Waals surface area contributed by atoms with Crippen LogP contribution in [0, 0.1) is 11.8 Å². The molecule has 6 nitrogen and oxygen atoms in total. The summed E-state index contributed by atoms with van der Waals surface area (Å²) in [4.78, 5) is 14.0. The third kappa shape index (κ3) is 10.1. The van der Waals surface area contributed by atoms with Crippen LogP contribution in [0.25, 0.3) is 0 Å². The van der Waals surface area contributed by atoms with Gasteiger partial charge in [-0.15, -0.1) is 0 Å². The second kappa shape index (κ2) is 18.0. The average molecular weight is 653 g/mol. The van der Waals surface area contributed by atoms with Crippen LogP contribution in [-0.2, 0) is 54.9 Å². The molecule has 0 aliphatic carbocycles. The normalized spacial score (nSPS) is 20.2. The van der Waals surface area contributed by atoms with E-state index >= 15 is 0 Å². The molecule has 1 saturated heterocycles. The number of Topliss-reactive ketones (excluding diaryl/α,β-unsaturated/α-hetero) is 1. The number of hydrogen-bond acceptors (Lipinski definition) is 6. The molecule has 0 N–H and O–H groups in total. The highest BCUT2D eigenvalue weighted by Crippen LogP contribution is 2.31. The summed E-state index contributed by atoms with van der Waals surface area (Å²) in [7, 11) is 0. The standard InChI is InChI=1S/C43H40O6/c44-38(27-26-33-16-6-1-7-17-33)40-42(47-30-36-22-12-4-13-23-36)43(48-31-37-24-14-5-15-25-37)41(46-29-35-20-10-3-11-21-35)39(49-40)32-45-28-34-18-8-2-9-19-34/h1-25,39-43H,28-32H2/t39-,40+,41-,42+,43+/m1/s1. The fourth-order valence-corrected chi connectivity index (χ4v) is 5.73. The first kappa shape index (κ1) is 34.0. The zero-order chi connectivity index (χ0) is 33.5. The van der Waals surface area contributed by atoms with Gasteiger partial charge in [-0.1, -0.05) is 145 Å².